The molecule has 0 atom stereocenters. The first kappa shape index (κ1) is 15.2. The fourth-order valence-corrected chi connectivity index (χ4v) is 1.17. The standard InChI is InChI=1S/C16H14O4/c1-3-5-7-15(17)19-13-9-11-14(12-10-13)20-16(18)8-6-4-2/h3-12H,1-2H2/b7-5+,8-6+. The number of hydrogen-bond acceptors (Lipinski definition) is 4. The lowest BCUT2D eigenvalue weighted by atomic mass is 10.3. The smallest absolute Gasteiger partial charge is 0.336 e. The predicted octanol–water partition coefficient (Wildman–Crippen LogP) is 2.98. The van der Waals surface area contributed by atoms with Gasteiger partial charge < -0.3 is 9.47 Å². The number of carbonyl (C=O) groups excluding carboxylic acids is 2. The van der Waals surface area contributed by atoms with Crippen molar-refractivity contribution in [3.05, 3.63) is 73.9 Å². The van der Waals surface area contributed by atoms with E-state index in [0.717, 1.165) is 0 Å². The molecule has 20 heavy (non-hydrogen) atoms. The molecular formula is C16H14O4. The van der Waals surface area contributed by atoms with E-state index in [1.54, 1.807) is 0 Å². The molecule has 1 aromatic rings. The Morgan fingerprint density at radius 3 is 1.45 bits per heavy atom. The minimum absolute atomic E-state index is 0.352. The Bertz CT molecular complexity index is 499. The number of ether oxygens (including phenoxy) is 2. The molecule has 0 aliphatic rings. The summed E-state index contributed by atoms with van der Waals surface area (Å²) in [7, 11) is 0. The maximum absolute atomic E-state index is 11.3. The van der Waals surface area contributed by atoms with Crippen molar-refractivity contribution in [2.24, 2.45) is 0 Å². The lowest BCUT2D eigenvalue weighted by molar-refractivity contribution is -0.130. The minimum Gasteiger partial charge on any atom is -0.423 e. The van der Waals surface area contributed by atoms with Gasteiger partial charge in [-0.15, -0.1) is 0 Å². The largest absolute Gasteiger partial charge is 0.423 e. The van der Waals surface area contributed by atoms with E-state index in [1.165, 1.54) is 60.7 Å². The van der Waals surface area contributed by atoms with Gasteiger partial charge in [0.1, 0.15) is 11.5 Å². The van der Waals surface area contributed by atoms with Crippen LogP contribution < -0.4 is 9.47 Å². The van der Waals surface area contributed by atoms with Crippen molar-refractivity contribution >= 4 is 11.9 Å². The van der Waals surface area contributed by atoms with Gasteiger partial charge in [-0.3, -0.25) is 0 Å². The molecule has 102 valence electrons. The highest BCUT2D eigenvalue weighted by molar-refractivity contribution is 5.85. The Morgan fingerprint density at radius 1 is 0.800 bits per heavy atom. The summed E-state index contributed by atoms with van der Waals surface area (Å²) in [6, 6.07) is 6.11. The fraction of sp³-hybridized carbons (Fsp3) is 0. The Balaban J connectivity index is 2.60. The topological polar surface area (TPSA) is 52.6 Å². The van der Waals surface area contributed by atoms with E-state index < -0.39 is 11.9 Å². The lowest BCUT2D eigenvalue weighted by Crippen LogP contribution is -2.05. The van der Waals surface area contributed by atoms with Gasteiger partial charge in [0.15, 0.2) is 0 Å². The van der Waals surface area contributed by atoms with Gasteiger partial charge in [0, 0.05) is 12.2 Å². The third-order valence-corrected chi connectivity index (χ3v) is 2.00. The quantitative estimate of drug-likeness (QED) is 0.345. The minimum atomic E-state index is -0.511. The van der Waals surface area contributed by atoms with Crippen LogP contribution in [-0.2, 0) is 9.59 Å². The van der Waals surface area contributed by atoms with Gasteiger partial charge in [-0.05, 0) is 24.3 Å². The Labute approximate surface area is 117 Å². The van der Waals surface area contributed by atoms with E-state index in [9.17, 15) is 9.59 Å². The summed E-state index contributed by atoms with van der Waals surface area (Å²) in [5.74, 6) is -0.317. The van der Waals surface area contributed by atoms with Crippen LogP contribution in [0.1, 0.15) is 0 Å². The van der Waals surface area contributed by atoms with Crippen molar-refractivity contribution in [2.45, 2.75) is 0 Å². The number of hydrogen-bond donors (Lipinski definition) is 0. The van der Waals surface area contributed by atoms with Gasteiger partial charge in [-0.1, -0.05) is 37.5 Å². The molecule has 0 fully saturated rings. The molecule has 0 aliphatic heterocycles. The van der Waals surface area contributed by atoms with E-state index >= 15 is 0 Å². The number of benzene rings is 1. The van der Waals surface area contributed by atoms with Gasteiger partial charge >= 0.3 is 11.9 Å². The first-order chi connectivity index (χ1) is 9.65. The van der Waals surface area contributed by atoms with Gasteiger partial charge in [0.2, 0.25) is 0 Å². The average Bonchev–Trinajstić information content (AvgIpc) is 2.45. The van der Waals surface area contributed by atoms with Crippen LogP contribution in [0.2, 0.25) is 0 Å². The highest BCUT2D eigenvalue weighted by Crippen LogP contribution is 2.18. The van der Waals surface area contributed by atoms with Crippen molar-refractivity contribution in [2.75, 3.05) is 0 Å². The molecule has 0 unspecified atom stereocenters. The molecule has 0 aliphatic carbocycles. The number of carbonyl (C=O) groups is 2. The summed E-state index contributed by atoms with van der Waals surface area (Å²) >= 11 is 0. The van der Waals surface area contributed by atoms with Crippen LogP contribution in [0.4, 0.5) is 0 Å². The number of allylic oxidation sites excluding steroid dienone is 4. The second kappa shape index (κ2) is 8.26. The highest BCUT2D eigenvalue weighted by atomic mass is 16.5. The van der Waals surface area contributed by atoms with E-state index in [2.05, 4.69) is 13.2 Å². The number of rotatable bonds is 6. The van der Waals surface area contributed by atoms with Gasteiger partial charge in [-0.25, -0.2) is 9.59 Å². The normalized spacial score (nSPS) is 10.4. The summed E-state index contributed by atoms with van der Waals surface area (Å²) in [4.78, 5) is 22.6. The zero-order valence-electron chi connectivity index (χ0n) is 10.8. The molecule has 0 saturated carbocycles. The van der Waals surface area contributed by atoms with Crippen LogP contribution in [0.15, 0.2) is 73.9 Å². The molecule has 4 nitrogen and oxygen atoms in total. The van der Waals surface area contributed by atoms with E-state index in [1.807, 2.05) is 0 Å². The molecule has 0 radical (unpaired) electrons. The van der Waals surface area contributed by atoms with E-state index in [0.29, 0.717) is 11.5 Å². The molecular weight excluding hydrogens is 256 g/mol. The van der Waals surface area contributed by atoms with Crippen molar-refractivity contribution < 1.29 is 19.1 Å². The van der Waals surface area contributed by atoms with Crippen LogP contribution >= 0.6 is 0 Å². The maximum Gasteiger partial charge on any atom is 0.336 e. The molecule has 0 aromatic heterocycles. The zero-order valence-corrected chi connectivity index (χ0v) is 10.8. The summed E-state index contributed by atoms with van der Waals surface area (Å²) in [6.45, 7) is 6.89. The molecule has 1 rings (SSSR count). The second-order valence-corrected chi connectivity index (χ2v) is 3.50. The van der Waals surface area contributed by atoms with Crippen LogP contribution in [-0.4, -0.2) is 11.9 Å². The maximum atomic E-state index is 11.3. The van der Waals surface area contributed by atoms with Crippen molar-refractivity contribution in [3.8, 4) is 11.5 Å². The van der Waals surface area contributed by atoms with Crippen molar-refractivity contribution in [3.63, 3.8) is 0 Å². The first-order valence-corrected chi connectivity index (χ1v) is 5.77. The third kappa shape index (κ3) is 5.64. The molecule has 4 heteroatoms. The molecule has 0 saturated heterocycles. The summed E-state index contributed by atoms with van der Waals surface area (Å²) in [5.41, 5.74) is 0. The second-order valence-electron chi connectivity index (χ2n) is 3.50. The van der Waals surface area contributed by atoms with Crippen LogP contribution in [0.3, 0.4) is 0 Å². The molecule has 1 aromatic carbocycles. The first-order valence-electron chi connectivity index (χ1n) is 5.77. The van der Waals surface area contributed by atoms with E-state index in [-0.39, 0.29) is 0 Å². The Hall–Kier alpha value is -2.88. The Kier molecular flexibility index (Phi) is 6.27. The van der Waals surface area contributed by atoms with Gasteiger partial charge in [-0.2, -0.15) is 0 Å². The van der Waals surface area contributed by atoms with Gasteiger partial charge in [0.05, 0.1) is 0 Å². The summed E-state index contributed by atoms with van der Waals surface area (Å²) in [6.07, 6.45) is 8.40. The molecule has 0 N–H and O–H groups in total. The van der Waals surface area contributed by atoms with Crippen LogP contribution in [0, 0.1) is 0 Å². The van der Waals surface area contributed by atoms with E-state index in [4.69, 9.17) is 9.47 Å². The van der Waals surface area contributed by atoms with Crippen molar-refractivity contribution in [1.29, 1.82) is 0 Å². The molecule has 0 amide bonds. The Morgan fingerprint density at radius 2 is 1.15 bits per heavy atom. The average molecular weight is 270 g/mol. The number of esters is 2. The highest BCUT2D eigenvalue weighted by Gasteiger charge is 2.03. The van der Waals surface area contributed by atoms with Gasteiger partial charge in [0.25, 0.3) is 0 Å². The summed E-state index contributed by atoms with van der Waals surface area (Å²) in [5, 5.41) is 0. The predicted molar refractivity (Wildman–Crippen MR) is 76.4 cm³/mol. The van der Waals surface area contributed by atoms with Crippen LogP contribution in [0.25, 0.3) is 0 Å². The summed E-state index contributed by atoms with van der Waals surface area (Å²) < 4.78 is 10.0. The molecule has 0 spiro atoms. The van der Waals surface area contributed by atoms with Crippen molar-refractivity contribution in [1.82, 2.24) is 0 Å². The monoisotopic (exact) mass is 270 g/mol. The third-order valence-electron chi connectivity index (χ3n) is 2.00. The van der Waals surface area contributed by atoms with Crippen LogP contribution in [0.5, 0.6) is 11.5 Å². The zero-order chi connectivity index (χ0) is 14.8. The SMILES string of the molecule is C=C/C=C/C(=O)Oc1ccc(OC(=O)/C=C/C=C)cc1. The molecule has 0 bridgehead atoms. The lowest BCUT2D eigenvalue weighted by Gasteiger charge is -2.03. The fourth-order valence-electron chi connectivity index (χ4n) is 1.17. The molecule has 0 heterocycles.